The number of hydrogen-bond acceptors (Lipinski definition) is 7. The van der Waals surface area contributed by atoms with E-state index in [1.54, 1.807) is 0 Å². The zero-order valence-corrected chi connectivity index (χ0v) is 33.7. The third-order valence-corrected chi connectivity index (χ3v) is 8.88. The molecule has 0 aliphatic heterocycles. The molecule has 1 aromatic rings. The largest absolute Gasteiger partial charge is 1.00 e. The molecule has 0 atom stereocenters. The summed E-state index contributed by atoms with van der Waals surface area (Å²) in [6.45, 7) is 4.66. The first-order chi connectivity index (χ1) is 22.3. The van der Waals surface area contributed by atoms with E-state index in [2.05, 4.69) is 38.2 Å². The van der Waals surface area contributed by atoms with Gasteiger partial charge in [0.2, 0.25) is 0 Å². The molecule has 7 nitrogen and oxygen atoms in total. The van der Waals surface area contributed by atoms with E-state index in [-0.39, 0.29) is 70.2 Å². The predicted octanol–water partition coefficient (Wildman–Crippen LogP) is 7.64. The van der Waals surface area contributed by atoms with Crippen LogP contribution in [0.4, 0.5) is 0 Å². The van der Waals surface area contributed by atoms with Gasteiger partial charge in [0, 0.05) is 0 Å². The molecule has 0 aromatic heterocycles. The number of ether oxygens (including phenoxy) is 2. The van der Waals surface area contributed by atoms with Crippen molar-refractivity contribution in [1.29, 1.82) is 0 Å². The van der Waals surface area contributed by atoms with Crippen molar-refractivity contribution in [2.24, 2.45) is 0 Å². The van der Waals surface area contributed by atoms with E-state index in [1.165, 1.54) is 76.3 Å². The first kappa shape index (κ1) is 46.2. The molecular weight excluding hydrogens is 640 g/mol. The molecule has 0 amide bonds. The second-order valence-electron chi connectivity index (χ2n) is 12.2. The van der Waals surface area contributed by atoms with Crippen LogP contribution in [-0.2, 0) is 19.6 Å². The van der Waals surface area contributed by atoms with Crippen LogP contribution < -0.4 is 51.4 Å². The minimum absolute atomic E-state index is 0. The molecule has 0 bridgehead atoms. The molecule has 262 valence electrons. The van der Waals surface area contributed by atoms with Crippen LogP contribution in [0.3, 0.4) is 0 Å². The zero-order valence-electron chi connectivity index (χ0n) is 29.8. The number of allylic oxidation sites excluding steroid dienone is 4. The maximum Gasteiger partial charge on any atom is 1.00 e. The third-order valence-electron chi connectivity index (χ3n) is 8.00. The summed E-state index contributed by atoms with van der Waals surface area (Å²) in [7, 11) is -5.01. The Morgan fingerprint density at radius 2 is 0.979 bits per heavy atom. The van der Waals surface area contributed by atoms with Crippen LogP contribution in [0.25, 0.3) is 0 Å². The fraction of sp³-hybridized carbons (Fsp3) is 0.684. The van der Waals surface area contributed by atoms with Gasteiger partial charge in [-0.25, -0.2) is 18.0 Å². The molecule has 9 heteroatoms. The Balaban J connectivity index is 0.0000212. The second-order valence-corrected chi connectivity index (χ2v) is 13.5. The van der Waals surface area contributed by atoms with Crippen LogP contribution in [-0.4, -0.2) is 38.1 Å². The Morgan fingerprint density at radius 3 is 1.38 bits per heavy atom. The minimum atomic E-state index is -5.01. The van der Waals surface area contributed by atoms with E-state index in [0.717, 1.165) is 70.3 Å². The third kappa shape index (κ3) is 24.1. The maximum atomic E-state index is 12.9. The van der Waals surface area contributed by atoms with Gasteiger partial charge in [-0.15, -0.1) is 0 Å². The number of carbonyl (C=O) groups excluding carboxylic acids is 2. The van der Waals surface area contributed by atoms with Gasteiger partial charge in [0.25, 0.3) is 0 Å². The van der Waals surface area contributed by atoms with E-state index in [1.807, 2.05) is 0 Å². The Bertz CT molecular complexity index is 1120. The number of rotatable bonds is 29. The van der Waals surface area contributed by atoms with Crippen molar-refractivity contribution < 1.29 is 83.4 Å². The van der Waals surface area contributed by atoms with Gasteiger partial charge in [-0.1, -0.05) is 121 Å². The average Bonchev–Trinajstić information content (AvgIpc) is 3.04. The molecule has 0 spiro atoms. The molecule has 47 heavy (non-hydrogen) atoms. The van der Waals surface area contributed by atoms with Gasteiger partial charge in [-0.05, 0) is 76.3 Å². The van der Waals surface area contributed by atoms with Crippen LogP contribution in [0.1, 0.15) is 176 Å². The molecule has 0 heterocycles. The smallest absolute Gasteiger partial charge is 0.744 e. The number of esters is 2. The molecule has 1 rings (SSSR count). The van der Waals surface area contributed by atoms with Crippen molar-refractivity contribution in [2.75, 3.05) is 13.2 Å². The normalized spacial score (nSPS) is 11.6. The molecular formula is C38H61KO7S. The van der Waals surface area contributed by atoms with Gasteiger partial charge < -0.3 is 14.0 Å². The fourth-order valence-corrected chi connectivity index (χ4v) is 5.93. The number of carbonyl (C=O) groups is 2. The topological polar surface area (TPSA) is 110 Å². The van der Waals surface area contributed by atoms with Crippen molar-refractivity contribution in [2.45, 2.75) is 160 Å². The molecule has 1 aromatic carbocycles. The van der Waals surface area contributed by atoms with E-state index in [4.69, 9.17) is 9.47 Å². The van der Waals surface area contributed by atoms with Gasteiger partial charge in [-0.2, -0.15) is 0 Å². The second kappa shape index (κ2) is 31.2. The molecule has 0 saturated heterocycles. The van der Waals surface area contributed by atoms with Gasteiger partial charge in [0.15, 0.2) is 0 Å². The average molecular weight is 701 g/mol. The van der Waals surface area contributed by atoms with Crippen LogP contribution >= 0.6 is 0 Å². The Morgan fingerprint density at radius 1 is 0.596 bits per heavy atom. The summed E-state index contributed by atoms with van der Waals surface area (Å²) in [5.41, 5.74) is -0.807. The summed E-state index contributed by atoms with van der Waals surface area (Å²) in [4.78, 5) is 25.0. The van der Waals surface area contributed by atoms with E-state index < -0.39 is 32.5 Å². The van der Waals surface area contributed by atoms with Crippen molar-refractivity contribution in [3.8, 4) is 0 Å². The summed E-state index contributed by atoms with van der Waals surface area (Å²) < 4.78 is 46.4. The summed E-state index contributed by atoms with van der Waals surface area (Å²) in [5.74, 6) is -1.84. The van der Waals surface area contributed by atoms with Crippen molar-refractivity contribution in [3.63, 3.8) is 0 Å². The van der Waals surface area contributed by atoms with Crippen molar-refractivity contribution in [1.82, 2.24) is 0 Å². The molecule has 0 N–H and O–H groups in total. The van der Waals surface area contributed by atoms with E-state index in [0.29, 0.717) is 12.8 Å². The Kier molecular flexibility index (Phi) is 30.6. The van der Waals surface area contributed by atoms with Gasteiger partial charge in [0.05, 0.1) is 29.2 Å². The molecule has 0 aliphatic rings. The monoisotopic (exact) mass is 700 g/mol. The van der Waals surface area contributed by atoms with Gasteiger partial charge >= 0.3 is 63.3 Å². The van der Waals surface area contributed by atoms with Crippen LogP contribution in [0.2, 0.25) is 0 Å². The number of hydrogen-bond donors (Lipinski definition) is 0. The molecule has 0 fully saturated rings. The van der Waals surface area contributed by atoms with Crippen molar-refractivity contribution >= 4 is 22.1 Å². The molecule has 0 aliphatic carbocycles. The number of benzene rings is 1. The summed E-state index contributed by atoms with van der Waals surface area (Å²) >= 11 is 0. The first-order valence-corrected chi connectivity index (χ1v) is 19.5. The van der Waals surface area contributed by atoms with Gasteiger partial charge in [0.1, 0.15) is 10.1 Å². The Hall–Kier alpha value is -0.814. The zero-order chi connectivity index (χ0) is 33.7. The van der Waals surface area contributed by atoms with E-state index in [9.17, 15) is 22.6 Å². The van der Waals surface area contributed by atoms with Crippen molar-refractivity contribution in [3.05, 3.63) is 53.6 Å². The quantitative estimate of drug-likeness (QED) is 0.0278. The minimum Gasteiger partial charge on any atom is -0.744 e. The maximum absolute atomic E-state index is 12.9. The van der Waals surface area contributed by atoms with Crippen LogP contribution in [0.5, 0.6) is 0 Å². The summed E-state index contributed by atoms with van der Waals surface area (Å²) in [6, 6.07) is 3.58. The molecule has 0 saturated carbocycles. The first-order valence-electron chi connectivity index (χ1n) is 18.1. The molecule has 0 unspecified atom stereocenters. The predicted molar refractivity (Wildman–Crippen MR) is 186 cm³/mol. The fourth-order valence-electron chi connectivity index (χ4n) is 5.24. The Labute approximate surface area is 329 Å². The summed E-state index contributed by atoms with van der Waals surface area (Å²) in [6.07, 6.45) is 33.3. The van der Waals surface area contributed by atoms with Crippen LogP contribution in [0.15, 0.2) is 47.4 Å². The standard InChI is InChI=1S/C38H62O7S.K/c1-3-5-7-9-11-13-15-17-19-21-23-25-27-32-44-37(39)34-30-29-31-35(46(41,42)43)36(34)38(40)45-33-28-26-24-22-20-18-16-14-12-10-8-6-4-2;/h15-18,29-31H,3-14,19-28,32-33H2,1-2H3,(H,41,42,43);/q;+1/p-1/b17-15+,18-16+;. The van der Waals surface area contributed by atoms with Gasteiger partial charge in [-0.3, -0.25) is 0 Å². The molecule has 0 radical (unpaired) electrons. The summed E-state index contributed by atoms with van der Waals surface area (Å²) in [5, 5.41) is 0. The SMILES string of the molecule is CCCCCCC/C=C/CCCCCCOC(=O)c1cccc(S(=O)(=O)[O-])c1C(=O)OCCCCCC/C=C/CCCCCCC.[K+]. The number of unbranched alkanes of at least 4 members (excludes halogenated alkanes) is 18. The van der Waals surface area contributed by atoms with E-state index >= 15 is 0 Å². The van der Waals surface area contributed by atoms with Crippen LogP contribution in [0, 0.1) is 0 Å².